The van der Waals surface area contributed by atoms with Crippen molar-refractivity contribution in [2.45, 2.75) is 4.90 Å². The molecule has 4 aromatic rings. The van der Waals surface area contributed by atoms with Gasteiger partial charge in [0, 0.05) is 11.9 Å². The third-order valence-electron chi connectivity index (χ3n) is 4.12. The van der Waals surface area contributed by atoms with Gasteiger partial charge in [-0.2, -0.15) is 4.98 Å². The quantitative estimate of drug-likeness (QED) is 0.337. The molecular formula is C18H16BrN7O2S. The van der Waals surface area contributed by atoms with Gasteiger partial charge in [-0.1, -0.05) is 12.1 Å². The fourth-order valence-electron chi connectivity index (χ4n) is 2.70. The monoisotopic (exact) mass is 473 g/mol. The van der Waals surface area contributed by atoms with E-state index in [0.29, 0.717) is 21.9 Å². The van der Waals surface area contributed by atoms with Crippen molar-refractivity contribution in [2.24, 2.45) is 0 Å². The summed E-state index contributed by atoms with van der Waals surface area (Å²) >= 11 is 3.40. The minimum atomic E-state index is -3.63. The Hall–Kier alpha value is -3.02. The highest BCUT2D eigenvalue weighted by molar-refractivity contribution is 9.10. The van der Waals surface area contributed by atoms with Crippen molar-refractivity contribution in [3.05, 3.63) is 59.5 Å². The van der Waals surface area contributed by atoms with Gasteiger partial charge in [-0.05, 0) is 53.3 Å². The third-order valence-corrected chi connectivity index (χ3v) is 6.17. The van der Waals surface area contributed by atoms with E-state index in [1.807, 2.05) is 18.2 Å². The maximum atomic E-state index is 12.3. The molecule has 29 heavy (non-hydrogen) atoms. The van der Waals surface area contributed by atoms with E-state index in [1.54, 1.807) is 30.7 Å². The first kappa shape index (κ1) is 19.3. The van der Waals surface area contributed by atoms with E-state index >= 15 is 0 Å². The number of fused-ring (bicyclic) bond motifs is 1. The molecule has 2 aromatic carbocycles. The van der Waals surface area contributed by atoms with Crippen LogP contribution in [0.2, 0.25) is 0 Å². The molecule has 0 aliphatic carbocycles. The minimum absolute atomic E-state index is 0.118. The molecule has 0 aliphatic heterocycles. The van der Waals surface area contributed by atoms with E-state index in [-0.39, 0.29) is 4.90 Å². The van der Waals surface area contributed by atoms with E-state index in [4.69, 9.17) is 0 Å². The van der Waals surface area contributed by atoms with E-state index in [1.165, 1.54) is 13.1 Å². The van der Waals surface area contributed by atoms with Crippen molar-refractivity contribution in [2.75, 3.05) is 17.7 Å². The molecule has 4 N–H and O–H groups in total. The molecule has 0 saturated heterocycles. The molecule has 0 amide bonds. The summed E-state index contributed by atoms with van der Waals surface area (Å²) in [5.74, 6) is 0.771. The maximum absolute atomic E-state index is 12.3. The second kappa shape index (κ2) is 7.78. The van der Waals surface area contributed by atoms with Gasteiger partial charge in [-0.25, -0.2) is 23.1 Å². The normalized spacial score (nSPS) is 11.5. The second-order valence-corrected chi connectivity index (χ2v) is 8.69. The number of halogens is 1. The zero-order valence-electron chi connectivity index (χ0n) is 15.1. The van der Waals surface area contributed by atoms with Crippen LogP contribution in [0.4, 0.5) is 23.1 Å². The molecule has 0 radical (unpaired) electrons. The smallest absolute Gasteiger partial charge is 0.242 e. The minimum Gasteiger partial charge on any atom is -0.345 e. The van der Waals surface area contributed by atoms with Gasteiger partial charge in [0.25, 0.3) is 0 Å². The molecule has 0 aliphatic rings. The second-order valence-electron chi connectivity index (χ2n) is 5.98. The topological polar surface area (TPSA) is 125 Å². The summed E-state index contributed by atoms with van der Waals surface area (Å²) in [5.41, 5.74) is 2.92. The lowest BCUT2D eigenvalue weighted by atomic mass is 10.3. The number of hydrogen-bond acceptors (Lipinski definition) is 7. The van der Waals surface area contributed by atoms with Crippen LogP contribution in [0.25, 0.3) is 11.0 Å². The predicted molar refractivity (Wildman–Crippen MR) is 115 cm³/mol. The number of benzene rings is 2. The van der Waals surface area contributed by atoms with Gasteiger partial charge in [0.2, 0.25) is 16.0 Å². The van der Waals surface area contributed by atoms with Crippen molar-refractivity contribution in [1.82, 2.24) is 24.7 Å². The summed E-state index contributed by atoms with van der Waals surface area (Å²) in [7, 11) is -2.27. The standard InChI is InChI=1S/C18H16BrN7O2S/c1-20-29(27,28)16-5-3-2-4-14(16)25-17-12(19)9-21-18(26-17)24-11-6-7-13-15(8-11)23-10-22-13/h2-10,20H,1H3,(H,22,23)(H2,21,24,25,26). The molecule has 148 valence electrons. The highest BCUT2D eigenvalue weighted by Crippen LogP contribution is 2.29. The molecule has 0 spiro atoms. The Morgan fingerprint density at radius 1 is 1.07 bits per heavy atom. The Morgan fingerprint density at radius 2 is 1.90 bits per heavy atom. The summed E-state index contributed by atoms with van der Waals surface area (Å²) in [4.78, 5) is 16.1. The Bertz CT molecular complexity index is 1290. The van der Waals surface area contributed by atoms with Crippen LogP contribution in [0.5, 0.6) is 0 Å². The van der Waals surface area contributed by atoms with Crippen LogP contribution in [-0.4, -0.2) is 35.4 Å². The van der Waals surface area contributed by atoms with Crippen LogP contribution in [0.15, 0.2) is 64.4 Å². The summed E-state index contributed by atoms with van der Waals surface area (Å²) in [6.45, 7) is 0. The zero-order valence-corrected chi connectivity index (χ0v) is 17.5. The molecule has 2 aromatic heterocycles. The van der Waals surface area contributed by atoms with Gasteiger partial charge in [0.15, 0.2) is 0 Å². The summed E-state index contributed by atoms with van der Waals surface area (Å²) in [5, 5.41) is 6.19. The van der Waals surface area contributed by atoms with Gasteiger partial charge in [-0.15, -0.1) is 0 Å². The molecular weight excluding hydrogens is 458 g/mol. The highest BCUT2D eigenvalue weighted by atomic mass is 79.9. The molecule has 0 atom stereocenters. The van der Waals surface area contributed by atoms with Crippen molar-refractivity contribution < 1.29 is 8.42 Å². The summed E-state index contributed by atoms with van der Waals surface area (Å²) < 4.78 is 27.5. The van der Waals surface area contributed by atoms with Crippen LogP contribution in [0.3, 0.4) is 0 Å². The van der Waals surface area contributed by atoms with E-state index in [9.17, 15) is 8.42 Å². The first-order valence-electron chi connectivity index (χ1n) is 8.48. The van der Waals surface area contributed by atoms with Gasteiger partial charge >= 0.3 is 0 Å². The van der Waals surface area contributed by atoms with Gasteiger partial charge in [0.05, 0.1) is 27.5 Å². The van der Waals surface area contributed by atoms with E-state index < -0.39 is 10.0 Å². The molecule has 9 nitrogen and oxygen atoms in total. The number of anilines is 4. The van der Waals surface area contributed by atoms with Crippen LogP contribution >= 0.6 is 15.9 Å². The highest BCUT2D eigenvalue weighted by Gasteiger charge is 2.17. The van der Waals surface area contributed by atoms with Crippen LogP contribution in [-0.2, 0) is 10.0 Å². The molecule has 4 rings (SSSR count). The first-order chi connectivity index (χ1) is 14.0. The number of H-pyrrole nitrogens is 1. The van der Waals surface area contributed by atoms with Crippen molar-refractivity contribution in [1.29, 1.82) is 0 Å². The molecule has 11 heteroatoms. The molecule has 0 bridgehead atoms. The SMILES string of the molecule is CNS(=O)(=O)c1ccccc1Nc1nc(Nc2ccc3nc[nH]c3c2)ncc1Br. The first-order valence-corrected chi connectivity index (χ1v) is 10.8. The lowest BCUT2D eigenvalue weighted by Crippen LogP contribution is -2.19. The van der Waals surface area contributed by atoms with Gasteiger partial charge in [0.1, 0.15) is 10.7 Å². The molecule has 0 saturated carbocycles. The van der Waals surface area contributed by atoms with Crippen LogP contribution in [0, 0.1) is 0 Å². The zero-order chi connectivity index (χ0) is 20.4. The molecule has 0 fully saturated rings. The number of para-hydroxylation sites is 1. The average Bonchev–Trinajstić information content (AvgIpc) is 3.19. The largest absolute Gasteiger partial charge is 0.345 e. The number of nitrogens with zero attached hydrogens (tertiary/aromatic N) is 3. The lowest BCUT2D eigenvalue weighted by Gasteiger charge is -2.13. The maximum Gasteiger partial charge on any atom is 0.242 e. The number of aromatic nitrogens is 4. The Labute approximate surface area is 175 Å². The number of rotatable bonds is 6. The third kappa shape index (κ3) is 4.06. The van der Waals surface area contributed by atoms with E-state index in [0.717, 1.165) is 16.7 Å². The Balaban J connectivity index is 1.64. The number of nitrogens with one attached hydrogen (secondary N) is 4. The van der Waals surface area contributed by atoms with Crippen molar-refractivity contribution in [3.8, 4) is 0 Å². The van der Waals surface area contributed by atoms with E-state index in [2.05, 4.69) is 51.2 Å². The number of imidazole rings is 1. The van der Waals surface area contributed by atoms with Gasteiger partial charge < -0.3 is 15.6 Å². The average molecular weight is 474 g/mol. The molecule has 2 heterocycles. The Morgan fingerprint density at radius 3 is 2.72 bits per heavy atom. The van der Waals surface area contributed by atoms with Gasteiger partial charge in [-0.3, -0.25) is 0 Å². The Kier molecular flexibility index (Phi) is 5.18. The molecule has 0 unspecified atom stereocenters. The fourth-order valence-corrected chi connectivity index (χ4v) is 3.88. The number of aromatic amines is 1. The van der Waals surface area contributed by atoms with Crippen LogP contribution < -0.4 is 15.4 Å². The number of hydrogen-bond donors (Lipinski definition) is 4. The summed E-state index contributed by atoms with van der Waals surface area (Å²) in [6, 6.07) is 12.2. The van der Waals surface area contributed by atoms with Crippen molar-refractivity contribution in [3.63, 3.8) is 0 Å². The van der Waals surface area contributed by atoms with Crippen molar-refractivity contribution >= 4 is 60.1 Å². The predicted octanol–water partition coefficient (Wildman–Crippen LogP) is 3.51. The lowest BCUT2D eigenvalue weighted by molar-refractivity contribution is 0.588. The fraction of sp³-hybridized carbons (Fsp3) is 0.0556. The summed E-state index contributed by atoms with van der Waals surface area (Å²) in [6.07, 6.45) is 3.21. The number of sulfonamides is 1. The van der Waals surface area contributed by atoms with Crippen LogP contribution in [0.1, 0.15) is 0 Å².